The molecular formula is C17H19BrClNO2S. The van der Waals surface area contributed by atoms with E-state index < -0.39 is 10.0 Å². The molecule has 2 rings (SSSR count). The van der Waals surface area contributed by atoms with Crippen molar-refractivity contribution in [3.63, 3.8) is 0 Å². The largest absolute Gasteiger partial charge is 0.240 e. The van der Waals surface area contributed by atoms with Crippen molar-refractivity contribution in [1.82, 2.24) is 4.72 Å². The van der Waals surface area contributed by atoms with E-state index in [-0.39, 0.29) is 10.3 Å². The number of rotatable bonds is 7. The number of hydrogen-bond donors (Lipinski definition) is 1. The minimum atomic E-state index is -3.46. The van der Waals surface area contributed by atoms with Gasteiger partial charge in [-0.2, -0.15) is 0 Å². The molecule has 0 saturated heterocycles. The molecule has 1 unspecified atom stereocenters. The first-order valence-electron chi connectivity index (χ1n) is 7.40. The van der Waals surface area contributed by atoms with Gasteiger partial charge < -0.3 is 0 Å². The Bertz CT molecular complexity index is 730. The number of hydrogen-bond acceptors (Lipinski definition) is 2. The second-order valence-electron chi connectivity index (χ2n) is 5.22. The highest BCUT2D eigenvalue weighted by Crippen LogP contribution is 2.23. The standard InChI is InChI=1S/C17H19BrClNO2S/c1-2-17(19)14-5-3-13(4-6-14)11-12-20-23(21,22)16-9-7-15(18)8-10-16/h3-10,17,20H,2,11-12H2,1H3. The second kappa shape index (κ2) is 8.29. The summed E-state index contributed by atoms with van der Waals surface area (Å²) in [4.78, 5) is 0.268. The molecule has 0 bridgehead atoms. The summed E-state index contributed by atoms with van der Waals surface area (Å²) in [6.45, 7) is 2.40. The van der Waals surface area contributed by atoms with E-state index in [1.54, 1.807) is 24.3 Å². The predicted molar refractivity (Wildman–Crippen MR) is 98.4 cm³/mol. The first kappa shape index (κ1) is 18.5. The summed E-state index contributed by atoms with van der Waals surface area (Å²) in [7, 11) is -3.46. The fraction of sp³-hybridized carbons (Fsp3) is 0.294. The van der Waals surface area contributed by atoms with E-state index in [0.717, 1.165) is 22.0 Å². The molecule has 124 valence electrons. The molecule has 0 aliphatic heterocycles. The Labute approximate surface area is 151 Å². The van der Waals surface area contributed by atoms with Crippen molar-refractivity contribution >= 4 is 37.6 Å². The summed E-state index contributed by atoms with van der Waals surface area (Å²) in [5, 5.41) is 0.0277. The zero-order valence-corrected chi connectivity index (χ0v) is 16.0. The quantitative estimate of drug-likeness (QED) is 0.667. The van der Waals surface area contributed by atoms with Gasteiger partial charge in [-0.05, 0) is 48.2 Å². The third-order valence-electron chi connectivity index (χ3n) is 3.53. The molecule has 0 spiro atoms. The van der Waals surface area contributed by atoms with Crippen LogP contribution in [0.1, 0.15) is 29.8 Å². The average Bonchev–Trinajstić information content (AvgIpc) is 2.55. The molecule has 3 nitrogen and oxygen atoms in total. The van der Waals surface area contributed by atoms with Crippen molar-refractivity contribution in [2.75, 3.05) is 6.54 Å². The Morgan fingerprint density at radius 2 is 1.70 bits per heavy atom. The first-order chi connectivity index (χ1) is 10.9. The molecule has 2 aromatic carbocycles. The number of halogens is 2. The molecule has 1 N–H and O–H groups in total. The summed E-state index contributed by atoms with van der Waals surface area (Å²) in [5.74, 6) is 0. The molecule has 0 saturated carbocycles. The summed E-state index contributed by atoms with van der Waals surface area (Å²) < 4.78 is 27.8. The zero-order chi connectivity index (χ0) is 16.9. The molecule has 0 amide bonds. The highest BCUT2D eigenvalue weighted by atomic mass is 79.9. The molecule has 0 aliphatic rings. The van der Waals surface area contributed by atoms with E-state index in [9.17, 15) is 8.42 Å². The zero-order valence-electron chi connectivity index (χ0n) is 12.8. The third-order valence-corrected chi connectivity index (χ3v) is 6.10. The lowest BCUT2D eigenvalue weighted by Gasteiger charge is -2.09. The molecule has 0 heterocycles. The topological polar surface area (TPSA) is 46.2 Å². The lowest BCUT2D eigenvalue weighted by atomic mass is 10.1. The maximum absolute atomic E-state index is 12.2. The Morgan fingerprint density at radius 1 is 1.09 bits per heavy atom. The van der Waals surface area contributed by atoms with Crippen LogP contribution < -0.4 is 4.72 Å². The van der Waals surface area contributed by atoms with E-state index in [0.29, 0.717) is 13.0 Å². The molecule has 0 aliphatic carbocycles. The lowest BCUT2D eigenvalue weighted by Crippen LogP contribution is -2.25. The van der Waals surface area contributed by atoms with Gasteiger partial charge in [0, 0.05) is 11.0 Å². The fourth-order valence-electron chi connectivity index (χ4n) is 2.16. The number of sulfonamides is 1. The molecule has 0 aromatic heterocycles. The smallest absolute Gasteiger partial charge is 0.211 e. The Morgan fingerprint density at radius 3 is 2.26 bits per heavy atom. The van der Waals surface area contributed by atoms with Gasteiger partial charge in [-0.15, -0.1) is 11.6 Å². The van der Waals surface area contributed by atoms with Gasteiger partial charge in [0.05, 0.1) is 10.3 Å². The minimum Gasteiger partial charge on any atom is -0.211 e. The van der Waals surface area contributed by atoms with Crippen LogP contribution in [-0.2, 0) is 16.4 Å². The summed E-state index contributed by atoms with van der Waals surface area (Å²) in [5.41, 5.74) is 2.17. The van der Waals surface area contributed by atoms with E-state index in [1.807, 2.05) is 31.2 Å². The predicted octanol–water partition coefficient (Wildman–Crippen LogP) is 4.66. The number of benzene rings is 2. The van der Waals surface area contributed by atoms with E-state index in [1.165, 1.54) is 0 Å². The summed E-state index contributed by atoms with van der Waals surface area (Å²) >= 11 is 9.48. The maximum atomic E-state index is 12.2. The Kier molecular flexibility index (Phi) is 6.65. The average molecular weight is 417 g/mol. The molecule has 23 heavy (non-hydrogen) atoms. The summed E-state index contributed by atoms with van der Waals surface area (Å²) in [6, 6.07) is 14.6. The van der Waals surface area contributed by atoms with Crippen molar-refractivity contribution < 1.29 is 8.42 Å². The van der Waals surface area contributed by atoms with Gasteiger partial charge in [0.15, 0.2) is 0 Å². The molecular weight excluding hydrogens is 398 g/mol. The molecule has 0 fully saturated rings. The van der Waals surface area contributed by atoms with Crippen molar-refractivity contribution in [1.29, 1.82) is 0 Å². The molecule has 1 atom stereocenters. The van der Waals surface area contributed by atoms with Gasteiger partial charge in [0.2, 0.25) is 10.0 Å². The first-order valence-corrected chi connectivity index (χ1v) is 10.1. The SMILES string of the molecule is CCC(Cl)c1ccc(CCNS(=O)(=O)c2ccc(Br)cc2)cc1. The highest BCUT2D eigenvalue weighted by Gasteiger charge is 2.13. The van der Waals surface area contributed by atoms with Crippen LogP contribution in [0.5, 0.6) is 0 Å². The monoisotopic (exact) mass is 415 g/mol. The van der Waals surface area contributed by atoms with Crippen LogP contribution in [0, 0.1) is 0 Å². The van der Waals surface area contributed by atoms with Crippen LogP contribution in [-0.4, -0.2) is 15.0 Å². The van der Waals surface area contributed by atoms with Crippen molar-refractivity contribution in [3.05, 3.63) is 64.1 Å². The van der Waals surface area contributed by atoms with Crippen LogP contribution in [0.15, 0.2) is 57.9 Å². The lowest BCUT2D eigenvalue weighted by molar-refractivity contribution is 0.581. The van der Waals surface area contributed by atoms with Gasteiger partial charge >= 0.3 is 0 Å². The van der Waals surface area contributed by atoms with Gasteiger partial charge in [0.25, 0.3) is 0 Å². The van der Waals surface area contributed by atoms with Crippen molar-refractivity contribution in [3.8, 4) is 0 Å². The van der Waals surface area contributed by atoms with Crippen molar-refractivity contribution in [2.45, 2.75) is 30.0 Å². The molecule has 0 radical (unpaired) electrons. The van der Waals surface area contributed by atoms with Gasteiger partial charge in [-0.25, -0.2) is 13.1 Å². The van der Waals surface area contributed by atoms with Gasteiger partial charge in [-0.3, -0.25) is 0 Å². The van der Waals surface area contributed by atoms with Gasteiger partial charge in [-0.1, -0.05) is 47.1 Å². The van der Waals surface area contributed by atoms with Crippen molar-refractivity contribution in [2.24, 2.45) is 0 Å². The minimum absolute atomic E-state index is 0.0277. The van der Waals surface area contributed by atoms with Crippen LogP contribution in [0.4, 0.5) is 0 Å². The van der Waals surface area contributed by atoms with Gasteiger partial charge in [0.1, 0.15) is 0 Å². The second-order valence-corrected chi connectivity index (χ2v) is 8.43. The molecule has 2 aromatic rings. The third kappa shape index (κ3) is 5.31. The number of nitrogens with one attached hydrogen (secondary N) is 1. The molecule has 6 heteroatoms. The van der Waals surface area contributed by atoms with Crippen LogP contribution in [0.25, 0.3) is 0 Å². The normalized spacial score (nSPS) is 13.0. The van der Waals surface area contributed by atoms with E-state index >= 15 is 0 Å². The van der Waals surface area contributed by atoms with Crippen LogP contribution in [0.3, 0.4) is 0 Å². The van der Waals surface area contributed by atoms with E-state index in [4.69, 9.17) is 11.6 Å². The Hall–Kier alpha value is -0.880. The Balaban J connectivity index is 1.92. The maximum Gasteiger partial charge on any atom is 0.240 e. The van der Waals surface area contributed by atoms with E-state index in [2.05, 4.69) is 20.7 Å². The van der Waals surface area contributed by atoms with Crippen LogP contribution in [0.2, 0.25) is 0 Å². The highest BCUT2D eigenvalue weighted by molar-refractivity contribution is 9.10. The van der Waals surface area contributed by atoms with Crippen LogP contribution >= 0.6 is 27.5 Å². The fourth-order valence-corrected chi connectivity index (χ4v) is 3.60. The summed E-state index contributed by atoms with van der Waals surface area (Å²) in [6.07, 6.45) is 1.52. The number of alkyl halides is 1.